The number of para-hydroxylation sites is 2. The Labute approximate surface area is 192 Å². The summed E-state index contributed by atoms with van der Waals surface area (Å²) in [6.07, 6.45) is 5.57. The quantitative estimate of drug-likeness (QED) is 0.351. The van der Waals surface area contributed by atoms with Crippen LogP contribution in [0.3, 0.4) is 0 Å². The molecule has 1 N–H and O–H groups in total. The summed E-state index contributed by atoms with van der Waals surface area (Å²) in [7, 11) is 0. The Hall–Kier alpha value is -2.82. The zero-order chi connectivity index (χ0) is 22.8. The van der Waals surface area contributed by atoms with Gasteiger partial charge in [-0.05, 0) is 63.3 Å². The molecule has 5 heteroatoms. The number of hydrogen-bond donors (Lipinski definition) is 1. The highest BCUT2D eigenvalue weighted by atomic mass is 16.5. The lowest BCUT2D eigenvalue weighted by Crippen LogP contribution is -2.31. The van der Waals surface area contributed by atoms with E-state index in [0.717, 1.165) is 62.2 Å². The monoisotopic (exact) mass is 435 g/mol. The number of amides is 1. The molecule has 32 heavy (non-hydrogen) atoms. The maximum atomic E-state index is 12.2. The summed E-state index contributed by atoms with van der Waals surface area (Å²) in [6, 6.07) is 16.5. The normalized spacial score (nSPS) is 11.2. The second-order valence-electron chi connectivity index (χ2n) is 8.45. The number of hydrogen-bond acceptors (Lipinski definition) is 3. The summed E-state index contributed by atoms with van der Waals surface area (Å²) in [5, 5.41) is 3.09. The number of aryl methyl sites for hydroxylation is 3. The van der Waals surface area contributed by atoms with E-state index in [2.05, 4.69) is 61.0 Å². The van der Waals surface area contributed by atoms with E-state index in [0.29, 0.717) is 13.2 Å². The summed E-state index contributed by atoms with van der Waals surface area (Å²) in [4.78, 5) is 17.1. The Kier molecular flexibility index (Phi) is 9.14. The third kappa shape index (κ3) is 6.59. The van der Waals surface area contributed by atoms with Crippen molar-refractivity contribution in [3.63, 3.8) is 0 Å². The van der Waals surface area contributed by atoms with Crippen LogP contribution in [0, 0.1) is 12.8 Å². The lowest BCUT2D eigenvalue weighted by atomic mass is 10.0. The number of ether oxygens (including phenoxy) is 1. The molecule has 0 unspecified atom stereocenters. The van der Waals surface area contributed by atoms with E-state index in [4.69, 9.17) is 9.72 Å². The first kappa shape index (κ1) is 23.8. The molecule has 1 aromatic heterocycles. The maximum absolute atomic E-state index is 12.2. The van der Waals surface area contributed by atoms with Gasteiger partial charge in [-0.25, -0.2) is 4.98 Å². The molecular weight excluding hydrogens is 398 g/mol. The molecule has 2 aromatic carbocycles. The van der Waals surface area contributed by atoms with Crippen LogP contribution in [-0.4, -0.2) is 28.6 Å². The fourth-order valence-electron chi connectivity index (χ4n) is 4.02. The van der Waals surface area contributed by atoms with E-state index < -0.39 is 0 Å². The molecule has 172 valence electrons. The van der Waals surface area contributed by atoms with Gasteiger partial charge >= 0.3 is 0 Å². The van der Waals surface area contributed by atoms with E-state index in [9.17, 15) is 4.79 Å². The zero-order valence-electron chi connectivity index (χ0n) is 19.8. The number of unbranched alkanes of at least 4 members (excludes halogenated alkanes) is 1. The zero-order valence-corrected chi connectivity index (χ0v) is 19.8. The first-order valence-corrected chi connectivity index (χ1v) is 12.0. The molecule has 0 radical (unpaired) electrons. The molecule has 0 saturated carbocycles. The maximum Gasteiger partial charge on any atom is 0.223 e. The highest BCUT2D eigenvalue weighted by Crippen LogP contribution is 2.18. The Bertz CT molecular complexity index is 974. The Morgan fingerprint density at radius 1 is 1.03 bits per heavy atom. The standard InChI is InChI=1S/C27H37N3O2/c1-4-22(5-2)27(31)28-18-10-13-26-29-24-11-6-7-12-25(24)30(26)19-8-9-20-32-23-16-14-21(3)15-17-23/h6-7,11-12,14-17,22H,4-5,8-10,13,18-20H2,1-3H3,(H,28,31). The Morgan fingerprint density at radius 2 is 1.78 bits per heavy atom. The van der Waals surface area contributed by atoms with Gasteiger partial charge < -0.3 is 14.6 Å². The number of imidazole rings is 1. The summed E-state index contributed by atoms with van der Waals surface area (Å²) >= 11 is 0. The van der Waals surface area contributed by atoms with Gasteiger partial charge in [0.1, 0.15) is 11.6 Å². The summed E-state index contributed by atoms with van der Waals surface area (Å²) < 4.78 is 8.21. The number of fused-ring (bicyclic) bond motifs is 1. The van der Waals surface area contributed by atoms with Crippen LogP contribution < -0.4 is 10.1 Å². The van der Waals surface area contributed by atoms with Crippen molar-refractivity contribution in [2.75, 3.05) is 13.2 Å². The third-order valence-electron chi connectivity index (χ3n) is 6.03. The molecule has 0 bridgehead atoms. The lowest BCUT2D eigenvalue weighted by molar-refractivity contribution is -0.125. The van der Waals surface area contributed by atoms with E-state index in [1.165, 1.54) is 11.1 Å². The highest BCUT2D eigenvalue weighted by Gasteiger charge is 2.14. The molecule has 0 saturated heterocycles. The molecule has 1 heterocycles. The molecule has 0 aliphatic carbocycles. The Morgan fingerprint density at radius 3 is 2.53 bits per heavy atom. The third-order valence-corrected chi connectivity index (χ3v) is 6.03. The molecule has 0 atom stereocenters. The molecular formula is C27H37N3O2. The van der Waals surface area contributed by atoms with Crippen LogP contribution in [0.1, 0.15) is 57.3 Å². The highest BCUT2D eigenvalue weighted by molar-refractivity contribution is 5.78. The Balaban J connectivity index is 1.51. The SMILES string of the molecule is CCC(CC)C(=O)NCCCc1nc2ccccc2n1CCCCOc1ccc(C)cc1. The fraction of sp³-hybridized carbons (Fsp3) is 0.481. The minimum atomic E-state index is 0.127. The van der Waals surface area contributed by atoms with Crippen molar-refractivity contribution in [2.24, 2.45) is 5.92 Å². The lowest BCUT2D eigenvalue weighted by Gasteiger charge is -2.13. The molecule has 0 fully saturated rings. The van der Waals surface area contributed by atoms with Gasteiger partial charge in [0.05, 0.1) is 17.6 Å². The van der Waals surface area contributed by atoms with Gasteiger partial charge in [-0.3, -0.25) is 4.79 Å². The average Bonchev–Trinajstić information content (AvgIpc) is 3.16. The second-order valence-corrected chi connectivity index (χ2v) is 8.45. The van der Waals surface area contributed by atoms with Crippen LogP contribution in [0.4, 0.5) is 0 Å². The first-order valence-electron chi connectivity index (χ1n) is 12.0. The predicted octanol–water partition coefficient (Wildman–Crippen LogP) is 5.69. The second kappa shape index (κ2) is 12.3. The number of carbonyl (C=O) groups excluding carboxylic acids is 1. The van der Waals surface area contributed by atoms with Crippen LogP contribution in [0.2, 0.25) is 0 Å². The van der Waals surface area contributed by atoms with Crippen LogP contribution in [-0.2, 0) is 17.8 Å². The molecule has 1 amide bonds. The van der Waals surface area contributed by atoms with Gasteiger partial charge in [-0.1, -0.05) is 43.7 Å². The van der Waals surface area contributed by atoms with Crippen molar-refractivity contribution in [3.05, 3.63) is 59.9 Å². The van der Waals surface area contributed by atoms with Crippen LogP contribution in [0.5, 0.6) is 5.75 Å². The van der Waals surface area contributed by atoms with Crippen molar-refractivity contribution in [1.82, 2.24) is 14.9 Å². The molecule has 5 nitrogen and oxygen atoms in total. The van der Waals surface area contributed by atoms with Crippen molar-refractivity contribution >= 4 is 16.9 Å². The van der Waals surface area contributed by atoms with Crippen LogP contribution >= 0.6 is 0 Å². The predicted molar refractivity (Wildman–Crippen MR) is 131 cm³/mol. The van der Waals surface area contributed by atoms with Gasteiger partial charge in [0.2, 0.25) is 5.91 Å². The fourth-order valence-corrected chi connectivity index (χ4v) is 4.02. The van der Waals surface area contributed by atoms with E-state index in [1.807, 2.05) is 18.2 Å². The average molecular weight is 436 g/mol. The number of carbonyl (C=O) groups is 1. The number of aromatic nitrogens is 2. The van der Waals surface area contributed by atoms with Crippen molar-refractivity contribution in [3.8, 4) is 5.75 Å². The first-order chi connectivity index (χ1) is 15.6. The van der Waals surface area contributed by atoms with Gasteiger partial charge in [-0.2, -0.15) is 0 Å². The topological polar surface area (TPSA) is 56.2 Å². The van der Waals surface area contributed by atoms with E-state index in [-0.39, 0.29) is 11.8 Å². The number of rotatable bonds is 13. The minimum Gasteiger partial charge on any atom is -0.494 e. The number of nitrogens with one attached hydrogen (secondary N) is 1. The van der Waals surface area contributed by atoms with Gasteiger partial charge in [0.25, 0.3) is 0 Å². The molecule has 3 aromatic rings. The minimum absolute atomic E-state index is 0.127. The molecule has 0 spiro atoms. The number of nitrogens with zero attached hydrogens (tertiary/aromatic N) is 2. The molecule has 0 aliphatic heterocycles. The molecule has 3 rings (SSSR count). The van der Waals surface area contributed by atoms with Gasteiger partial charge in [0, 0.05) is 25.4 Å². The van der Waals surface area contributed by atoms with Crippen molar-refractivity contribution in [1.29, 1.82) is 0 Å². The van der Waals surface area contributed by atoms with E-state index in [1.54, 1.807) is 0 Å². The smallest absolute Gasteiger partial charge is 0.223 e. The summed E-state index contributed by atoms with van der Waals surface area (Å²) in [5.74, 6) is 2.33. The number of benzene rings is 2. The summed E-state index contributed by atoms with van der Waals surface area (Å²) in [6.45, 7) is 8.56. The van der Waals surface area contributed by atoms with E-state index >= 15 is 0 Å². The summed E-state index contributed by atoms with van der Waals surface area (Å²) in [5.41, 5.74) is 3.47. The van der Waals surface area contributed by atoms with Gasteiger partial charge in [0.15, 0.2) is 0 Å². The van der Waals surface area contributed by atoms with Crippen LogP contribution in [0.15, 0.2) is 48.5 Å². The molecule has 0 aliphatic rings. The van der Waals surface area contributed by atoms with Gasteiger partial charge in [-0.15, -0.1) is 0 Å². The van der Waals surface area contributed by atoms with Crippen molar-refractivity contribution in [2.45, 2.75) is 65.8 Å². The van der Waals surface area contributed by atoms with Crippen molar-refractivity contribution < 1.29 is 9.53 Å². The largest absolute Gasteiger partial charge is 0.494 e. The van der Waals surface area contributed by atoms with Crippen LogP contribution in [0.25, 0.3) is 11.0 Å².